The van der Waals surface area contributed by atoms with Crippen molar-refractivity contribution in [1.82, 2.24) is 0 Å². The van der Waals surface area contributed by atoms with E-state index < -0.39 is 27.8 Å². The van der Waals surface area contributed by atoms with Crippen LogP contribution in [0.2, 0.25) is 0 Å². The van der Waals surface area contributed by atoms with Crippen molar-refractivity contribution in [3.63, 3.8) is 0 Å². The lowest BCUT2D eigenvalue weighted by atomic mass is 10.2. The summed E-state index contributed by atoms with van der Waals surface area (Å²) >= 11 is 0. The standard InChI is InChI=1S/C16H21NO7S/c1-4-10-22-15(18)14(16(19)23-11-5-2)17-24-25(20,21)13-8-6-12(3)7-9-13/h6-9H,4-5,10-11H2,1-3H3. The molecule has 8 nitrogen and oxygen atoms in total. The van der Waals surface area contributed by atoms with Crippen LogP contribution in [0.3, 0.4) is 0 Å². The second-order valence-corrected chi connectivity index (χ2v) is 6.58. The predicted octanol–water partition coefficient (Wildman–Crippen LogP) is 1.96. The number of carbonyl (C=O) groups excluding carboxylic acids is 2. The van der Waals surface area contributed by atoms with E-state index in [2.05, 4.69) is 9.44 Å². The van der Waals surface area contributed by atoms with Gasteiger partial charge in [0.2, 0.25) is 0 Å². The van der Waals surface area contributed by atoms with Crippen LogP contribution in [-0.2, 0) is 33.5 Å². The quantitative estimate of drug-likeness (QED) is 0.282. The van der Waals surface area contributed by atoms with Crippen LogP contribution in [0, 0.1) is 6.92 Å². The van der Waals surface area contributed by atoms with Gasteiger partial charge in [0.1, 0.15) is 4.90 Å². The van der Waals surface area contributed by atoms with Gasteiger partial charge in [-0.2, -0.15) is 8.42 Å². The first-order chi connectivity index (χ1) is 11.8. The van der Waals surface area contributed by atoms with Gasteiger partial charge in [-0.25, -0.2) is 9.59 Å². The Morgan fingerprint density at radius 3 is 1.88 bits per heavy atom. The summed E-state index contributed by atoms with van der Waals surface area (Å²) in [5.74, 6) is -2.22. The molecule has 0 aliphatic heterocycles. The van der Waals surface area contributed by atoms with Gasteiger partial charge in [-0.3, -0.25) is 4.28 Å². The Morgan fingerprint density at radius 1 is 0.960 bits per heavy atom. The van der Waals surface area contributed by atoms with Crippen LogP contribution >= 0.6 is 0 Å². The van der Waals surface area contributed by atoms with Gasteiger partial charge < -0.3 is 9.47 Å². The van der Waals surface area contributed by atoms with Crippen LogP contribution in [0.25, 0.3) is 0 Å². The van der Waals surface area contributed by atoms with Crippen LogP contribution in [-0.4, -0.2) is 39.3 Å². The lowest BCUT2D eigenvalue weighted by molar-refractivity contribution is -0.141. The van der Waals surface area contributed by atoms with E-state index >= 15 is 0 Å². The van der Waals surface area contributed by atoms with Gasteiger partial charge in [0.15, 0.2) is 0 Å². The van der Waals surface area contributed by atoms with Gasteiger partial charge in [0.05, 0.1) is 13.2 Å². The third-order valence-corrected chi connectivity index (χ3v) is 3.92. The number of oxime groups is 1. The molecule has 0 atom stereocenters. The van der Waals surface area contributed by atoms with E-state index in [9.17, 15) is 18.0 Å². The summed E-state index contributed by atoms with van der Waals surface area (Å²) in [6.45, 7) is 5.41. The zero-order chi connectivity index (χ0) is 18.9. The zero-order valence-electron chi connectivity index (χ0n) is 14.4. The average Bonchev–Trinajstić information content (AvgIpc) is 2.58. The molecule has 0 spiro atoms. The van der Waals surface area contributed by atoms with Crippen molar-refractivity contribution in [3.8, 4) is 0 Å². The minimum absolute atomic E-state index is 0.0453. The Bertz CT molecular complexity index is 701. The first kappa shape index (κ1) is 20.6. The Kier molecular flexibility index (Phi) is 8.06. The van der Waals surface area contributed by atoms with E-state index in [0.717, 1.165) is 5.56 Å². The van der Waals surface area contributed by atoms with Crippen molar-refractivity contribution < 1.29 is 31.8 Å². The molecule has 0 saturated heterocycles. The average molecular weight is 371 g/mol. The van der Waals surface area contributed by atoms with E-state index in [1.807, 2.05) is 0 Å². The highest BCUT2D eigenvalue weighted by Gasteiger charge is 2.27. The first-order valence-electron chi connectivity index (χ1n) is 7.74. The maximum Gasteiger partial charge on any atom is 0.368 e. The Hall–Kier alpha value is -2.42. The molecule has 0 unspecified atom stereocenters. The highest BCUT2D eigenvalue weighted by molar-refractivity contribution is 7.86. The normalized spacial score (nSPS) is 10.7. The van der Waals surface area contributed by atoms with Gasteiger partial charge in [-0.15, -0.1) is 0 Å². The maximum atomic E-state index is 12.1. The summed E-state index contributed by atoms with van der Waals surface area (Å²) in [7, 11) is -4.28. The Labute approximate surface area is 146 Å². The molecule has 1 aromatic rings. The number of hydrogen-bond donors (Lipinski definition) is 0. The molecule has 0 amide bonds. The minimum Gasteiger partial charge on any atom is -0.461 e. The zero-order valence-corrected chi connectivity index (χ0v) is 15.2. The molecule has 9 heteroatoms. The number of nitrogens with zero attached hydrogens (tertiary/aromatic N) is 1. The summed E-state index contributed by atoms with van der Waals surface area (Å²) in [5, 5.41) is 3.18. The van der Waals surface area contributed by atoms with E-state index in [0.29, 0.717) is 12.8 Å². The molecule has 138 valence electrons. The summed E-state index contributed by atoms with van der Waals surface area (Å²) < 4.78 is 38.2. The van der Waals surface area contributed by atoms with E-state index in [1.165, 1.54) is 12.1 Å². The molecule has 25 heavy (non-hydrogen) atoms. The molecule has 0 N–H and O–H groups in total. The van der Waals surface area contributed by atoms with Gasteiger partial charge in [0.25, 0.3) is 5.71 Å². The van der Waals surface area contributed by atoms with Crippen LogP contribution in [0.1, 0.15) is 32.3 Å². The number of esters is 2. The number of carbonyl (C=O) groups is 2. The number of aryl methyl sites for hydroxylation is 1. The van der Waals surface area contributed by atoms with E-state index in [-0.39, 0.29) is 18.1 Å². The van der Waals surface area contributed by atoms with Gasteiger partial charge >= 0.3 is 22.1 Å². The van der Waals surface area contributed by atoms with Crippen LogP contribution in [0.5, 0.6) is 0 Å². The van der Waals surface area contributed by atoms with Gasteiger partial charge in [-0.1, -0.05) is 31.5 Å². The molecule has 0 heterocycles. The molecule has 0 aliphatic carbocycles. The van der Waals surface area contributed by atoms with E-state index in [1.54, 1.807) is 32.9 Å². The second kappa shape index (κ2) is 9.77. The molecule has 0 aromatic heterocycles. The Morgan fingerprint density at radius 2 is 1.44 bits per heavy atom. The summed E-state index contributed by atoms with van der Waals surface area (Å²) in [6.07, 6.45) is 1.04. The molecule has 0 saturated carbocycles. The number of ether oxygens (including phenoxy) is 2. The van der Waals surface area contributed by atoms with Crippen molar-refractivity contribution in [1.29, 1.82) is 0 Å². The van der Waals surface area contributed by atoms with Crippen molar-refractivity contribution >= 4 is 27.8 Å². The first-order valence-corrected chi connectivity index (χ1v) is 9.15. The number of hydrogen-bond acceptors (Lipinski definition) is 8. The molecule has 1 aromatic carbocycles. The molecule has 1 rings (SSSR count). The van der Waals surface area contributed by atoms with Gasteiger partial charge in [0, 0.05) is 0 Å². The monoisotopic (exact) mass is 371 g/mol. The maximum absolute atomic E-state index is 12.1. The van der Waals surface area contributed by atoms with Crippen LogP contribution < -0.4 is 0 Å². The molecule has 0 aliphatic rings. The van der Waals surface area contributed by atoms with Crippen molar-refractivity contribution in [2.45, 2.75) is 38.5 Å². The van der Waals surface area contributed by atoms with Crippen LogP contribution in [0.4, 0.5) is 0 Å². The van der Waals surface area contributed by atoms with Crippen LogP contribution in [0.15, 0.2) is 34.3 Å². The highest BCUT2D eigenvalue weighted by atomic mass is 32.2. The molecular weight excluding hydrogens is 350 g/mol. The third-order valence-electron chi connectivity index (χ3n) is 2.80. The lowest BCUT2D eigenvalue weighted by Gasteiger charge is -2.07. The summed E-state index contributed by atoms with van der Waals surface area (Å²) in [4.78, 5) is 23.6. The van der Waals surface area contributed by atoms with E-state index in [4.69, 9.17) is 9.47 Å². The predicted molar refractivity (Wildman–Crippen MR) is 89.4 cm³/mol. The molecule has 0 radical (unpaired) electrons. The second-order valence-electron chi connectivity index (χ2n) is 5.05. The third kappa shape index (κ3) is 6.54. The fraction of sp³-hybridized carbons (Fsp3) is 0.438. The topological polar surface area (TPSA) is 108 Å². The fourth-order valence-corrected chi connectivity index (χ4v) is 2.25. The minimum atomic E-state index is -4.28. The number of rotatable bonds is 9. The summed E-state index contributed by atoms with van der Waals surface area (Å²) in [5.41, 5.74) is -0.00739. The molecule has 0 fully saturated rings. The van der Waals surface area contributed by atoms with Crippen molar-refractivity contribution in [2.24, 2.45) is 5.16 Å². The Balaban J connectivity index is 3.01. The molecule has 0 bridgehead atoms. The van der Waals surface area contributed by atoms with Crippen molar-refractivity contribution in [3.05, 3.63) is 29.8 Å². The summed E-state index contributed by atoms with van der Waals surface area (Å²) in [6, 6.07) is 5.80. The van der Waals surface area contributed by atoms with Crippen molar-refractivity contribution in [2.75, 3.05) is 13.2 Å². The highest BCUT2D eigenvalue weighted by Crippen LogP contribution is 2.13. The molecular formula is C16H21NO7S. The lowest BCUT2D eigenvalue weighted by Crippen LogP contribution is -2.29. The largest absolute Gasteiger partial charge is 0.461 e. The van der Waals surface area contributed by atoms with Gasteiger partial charge in [-0.05, 0) is 37.1 Å². The smallest absolute Gasteiger partial charge is 0.368 e. The SMILES string of the molecule is CCCOC(=O)C(=NOS(=O)(=O)c1ccc(C)cc1)C(=O)OCCC. The fourth-order valence-electron chi connectivity index (χ4n) is 1.52. The number of benzene rings is 1.